The Balaban J connectivity index is 2.38. The first-order valence-corrected chi connectivity index (χ1v) is 6.23. The Labute approximate surface area is 109 Å². The van der Waals surface area contributed by atoms with Gasteiger partial charge in [-0.1, -0.05) is 13.8 Å². The molecule has 3 atom stereocenters. The second-order valence-corrected chi connectivity index (χ2v) is 5.02. The van der Waals surface area contributed by atoms with Gasteiger partial charge in [-0.3, -0.25) is 14.3 Å². The number of aromatic amines is 1. The Hall–Kier alpha value is -1.44. The Morgan fingerprint density at radius 3 is 2.74 bits per heavy atom. The van der Waals surface area contributed by atoms with Crippen LogP contribution in [-0.4, -0.2) is 38.6 Å². The summed E-state index contributed by atoms with van der Waals surface area (Å²) in [6.07, 6.45) is -0.533. The lowest BCUT2D eigenvalue weighted by atomic mass is 10.1. The molecule has 1 aromatic heterocycles. The molecular formula is C12H18N2O5. The first-order valence-electron chi connectivity index (χ1n) is 6.23. The summed E-state index contributed by atoms with van der Waals surface area (Å²) in [5.41, 5.74) is -0.510. The second-order valence-electron chi connectivity index (χ2n) is 5.02. The van der Waals surface area contributed by atoms with Gasteiger partial charge < -0.3 is 14.9 Å². The number of aromatic nitrogens is 2. The van der Waals surface area contributed by atoms with Gasteiger partial charge in [0.05, 0.1) is 12.7 Å². The highest BCUT2D eigenvalue weighted by molar-refractivity contribution is 5.09. The van der Waals surface area contributed by atoms with Crippen molar-refractivity contribution in [2.75, 3.05) is 6.61 Å². The molecule has 1 aromatic rings. The molecule has 1 aliphatic rings. The molecule has 106 valence electrons. The molecule has 19 heavy (non-hydrogen) atoms. The van der Waals surface area contributed by atoms with Crippen molar-refractivity contribution in [2.24, 2.45) is 0 Å². The molecule has 0 saturated carbocycles. The first-order chi connectivity index (χ1) is 8.93. The molecule has 1 aliphatic heterocycles. The monoisotopic (exact) mass is 270 g/mol. The smallest absolute Gasteiger partial charge is 0.330 e. The quantitative estimate of drug-likeness (QED) is 0.673. The number of hydrogen-bond acceptors (Lipinski definition) is 5. The van der Waals surface area contributed by atoms with Gasteiger partial charge in [0.1, 0.15) is 12.3 Å². The molecule has 2 rings (SSSR count). The largest absolute Gasteiger partial charge is 0.394 e. The summed E-state index contributed by atoms with van der Waals surface area (Å²) in [7, 11) is 0. The summed E-state index contributed by atoms with van der Waals surface area (Å²) in [5.74, 6) is -0.0319. The van der Waals surface area contributed by atoms with E-state index in [1.54, 1.807) is 0 Å². The van der Waals surface area contributed by atoms with Crippen LogP contribution in [-0.2, 0) is 4.74 Å². The molecule has 0 radical (unpaired) electrons. The van der Waals surface area contributed by atoms with Gasteiger partial charge in [0.15, 0.2) is 0 Å². The van der Waals surface area contributed by atoms with Crippen LogP contribution in [0, 0.1) is 0 Å². The van der Waals surface area contributed by atoms with Crippen LogP contribution in [0.5, 0.6) is 0 Å². The highest BCUT2D eigenvalue weighted by atomic mass is 16.5. The van der Waals surface area contributed by atoms with E-state index in [9.17, 15) is 14.7 Å². The topological polar surface area (TPSA) is 105 Å². The maximum atomic E-state index is 11.8. The van der Waals surface area contributed by atoms with Crippen molar-refractivity contribution in [3.8, 4) is 0 Å². The van der Waals surface area contributed by atoms with E-state index in [0.717, 1.165) is 0 Å². The van der Waals surface area contributed by atoms with E-state index in [0.29, 0.717) is 5.56 Å². The Kier molecular flexibility index (Phi) is 3.88. The lowest BCUT2D eigenvalue weighted by Gasteiger charge is -2.16. The van der Waals surface area contributed by atoms with Gasteiger partial charge in [-0.15, -0.1) is 0 Å². The van der Waals surface area contributed by atoms with Gasteiger partial charge in [-0.25, -0.2) is 4.79 Å². The SMILES string of the molecule is CC(C)c1cn([C@@H]2C[C@@H](O)[C@H](CO)O2)c(=O)[nH]c1=O. The minimum absolute atomic E-state index is 0.0319. The van der Waals surface area contributed by atoms with Gasteiger partial charge in [-0.05, 0) is 5.92 Å². The molecule has 7 heteroatoms. The highest BCUT2D eigenvalue weighted by Crippen LogP contribution is 2.27. The molecule has 7 nitrogen and oxygen atoms in total. The molecule has 0 unspecified atom stereocenters. The first kappa shape index (κ1) is 14.0. The molecule has 1 saturated heterocycles. The van der Waals surface area contributed by atoms with Crippen LogP contribution in [0.3, 0.4) is 0 Å². The number of rotatable bonds is 3. The second kappa shape index (κ2) is 5.28. The average Bonchev–Trinajstić information content (AvgIpc) is 2.69. The van der Waals surface area contributed by atoms with E-state index < -0.39 is 29.7 Å². The van der Waals surface area contributed by atoms with Crippen LogP contribution < -0.4 is 11.2 Å². The van der Waals surface area contributed by atoms with Crippen LogP contribution in [0.1, 0.15) is 38.0 Å². The van der Waals surface area contributed by atoms with Crippen LogP contribution >= 0.6 is 0 Å². The van der Waals surface area contributed by atoms with Gasteiger partial charge >= 0.3 is 5.69 Å². The predicted molar refractivity (Wildman–Crippen MR) is 67.0 cm³/mol. The summed E-state index contributed by atoms with van der Waals surface area (Å²) in [4.78, 5) is 25.7. The van der Waals surface area contributed by atoms with Crippen LogP contribution in [0.2, 0.25) is 0 Å². The zero-order chi connectivity index (χ0) is 14.2. The third-order valence-electron chi connectivity index (χ3n) is 3.31. The fourth-order valence-electron chi connectivity index (χ4n) is 2.18. The van der Waals surface area contributed by atoms with Crippen molar-refractivity contribution in [1.82, 2.24) is 9.55 Å². The van der Waals surface area contributed by atoms with Gasteiger partial charge in [0.25, 0.3) is 5.56 Å². The molecule has 2 heterocycles. The predicted octanol–water partition coefficient (Wildman–Crippen LogP) is -0.699. The fourth-order valence-corrected chi connectivity index (χ4v) is 2.18. The molecule has 0 aliphatic carbocycles. The third-order valence-corrected chi connectivity index (χ3v) is 3.31. The molecule has 0 spiro atoms. The van der Waals surface area contributed by atoms with Crippen molar-refractivity contribution >= 4 is 0 Å². The maximum absolute atomic E-state index is 11.8. The highest BCUT2D eigenvalue weighted by Gasteiger charge is 2.35. The standard InChI is InChI=1S/C12H18N2O5/c1-6(2)7-4-14(12(18)13-11(7)17)10-3-8(16)9(5-15)19-10/h4,6,8-10,15-16H,3,5H2,1-2H3,(H,13,17,18)/t8-,9+,10+/m1/s1. The van der Waals surface area contributed by atoms with Gasteiger partial charge in [0, 0.05) is 18.2 Å². The van der Waals surface area contributed by atoms with E-state index in [1.165, 1.54) is 10.8 Å². The molecule has 1 fully saturated rings. The number of aliphatic hydroxyl groups excluding tert-OH is 2. The minimum Gasteiger partial charge on any atom is -0.394 e. The average molecular weight is 270 g/mol. The van der Waals surface area contributed by atoms with Crippen molar-refractivity contribution in [1.29, 1.82) is 0 Å². The summed E-state index contributed by atoms with van der Waals surface area (Å²) >= 11 is 0. The zero-order valence-electron chi connectivity index (χ0n) is 10.9. The van der Waals surface area contributed by atoms with Gasteiger partial charge in [-0.2, -0.15) is 0 Å². The number of ether oxygens (including phenoxy) is 1. The lowest BCUT2D eigenvalue weighted by molar-refractivity contribution is -0.0460. The molecule has 0 amide bonds. The van der Waals surface area contributed by atoms with Crippen molar-refractivity contribution < 1.29 is 14.9 Å². The van der Waals surface area contributed by atoms with Crippen LogP contribution in [0.15, 0.2) is 15.8 Å². The van der Waals surface area contributed by atoms with Crippen molar-refractivity contribution in [2.45, 2.75) is 44.6 Å². The van der Waals surface area contributed by atoms with E-state index in [-0.39, 0.29) is 18.9 Å². The molecule has 3 N–H and O–H groups in total. The molecule has 0 aromatic carbocycles. The van der Waals surface area contributed by atoms with Crippen molar-refractivity contribution in [3.63, 3.8) is 0 Å². The zero-order valence-corrected chi connectivity index (χ0v) is 10.9. The summed E-state index contributed by atoms with van der Waals surface area (Å²) in [5, 5.41) is 18.7. The Morgan fingerprint density at radius 1 is 1.53 bits per heavy atom. The summed E-state index contributed by atoms with van der Waals surface area (Å²) in [6.45, 7) is 3.38. The number of H-pyrrole nitrogens is 1. The maximum Gasteiger partial charge on any atom is 0.330 e. The summed E-state index contributed by atoms with van der Waals surface area (Å²) in [6, 6.07) is 0. The number of nitrogens with zero attached hydrogens (tertiary/aromatic N) is 1. The van der Waals surface area contributed by atoms with Crippen LogP contribution in [0.25, 0.3) is 0 Å². The van der Waals surface area contributed by atoms with E-state index in [4.69, 9.17) is 9.84 Å². The number of nitrogens with one attached hydrogen (secondary N) is 1. The fraction of sp³-hybridized carbons (Fsp3) is 0.667. The van der Waals surface area contributed by atoms with Crippen molar-refractivity contribution in [3.05, 3.63) is 32.6 Å². The molecule has 0 bridgehead atoms. The number of aliphatic hydroxyl groups is 2. The lowest BCUT2D eigenvalue weighted by Crippen LogP contribution is -2.34. The minimum atomic E-state index is -0.823. The summed E-state index contributed by atoms with van der Waals surface area (Å²) < 4.78 is 6.66. The third kappa shape index (κ3) is 2.63. The van der Waals surface area contributed by atoms with E-state index >= 15 is 0 Å². The molecular weight excluding hydrogens is 252 g/mol. The Bertz CT molecular complexity index is 562. The van der Waals surface area contributed by atoms with Gasteiger partial charge in [0.2, 0.25) is 0 Å². The van der Waals surface area contributed by atoms with Crippen LogP contribution in [0.4, 0.5) is 0 Å². The van der Waals surface area contributed by atoms with E-state index in [2.05, 4.69) is 4.98 Å². The van der Waals surface area contributed by atoms with E-state index in [1.807, 2.05) is 13.8 Å². The Morgan fingerprint density at radius 2 is 2.21 bits per heavy atom. The number of hydrogen-bond donors (Lipinski definition) is 3. The normalized spacial score (nSPS) is 27.1.